The van der Waals surface area contributed by atoms with Gasteiger partial charge in [-0.2, -0.15) is 0 Å². The molecule has 0 bridgehead atoms. The molecule has 0 spiro atoms. The molecular weight excluding hydrogens is 278 g/mol. The second kappa shape index (κ2) is 6.07. The predicted octanol–water partition coefficient (Wildman–Crippen LogP) is 0.897. The first-order valence-electron chi connectivity index (χ1n) is 6.97. The number of carbonyl (C=O) groups is 1. The fraction of sp³-hybridized carbons (Fsp3) is 0.692. The van der Waals surface area contributed by atoms with Crippen LogP contribution < -0.4 is 4.90 Å². The molecule has 2 fully saturated rings. The molecule has 7 heteroatoms. The van der Waals surface area contributed by atoms with Crippen molar-refractivity contribution in [2.75, 3.05) is 37.6 Å². The first-order valence-corrected chi connectivity index (χ1v) is 7.85. The Bertz CT molecular complexity index is 446. The van der Waals surface area contributed by atoms with E-state index >= 15 is 0 Å². The molecular formula is C13H19N3O3S. The molecule has 2 aliphatic rings. The van der Waals surface area contributed by atoms with E-state index in [1.165, 1.54) is 0 Å². The largest absolute Gasteiger partial charge is 0.479 e. The van der Waals surface area contributed by atoms with Gasteiger partial charge in [0.25, 0.3) is 0 Å². The van der Waals surface area contributed by atoms with Crippen LogP contribution in [0.5, 0.6) is 0 Å². The number of ether oxygens (including phenoxy) is 1. The van der Waals surface area contributed by atoms with Gasteiger partial charge in [0.1, 0.15) is 0 Å². The van der Waals surface area contributed by atoms with Crippen LogP contribution >= 0.6 is 11.3 Å². The summed E-state index contributed by atoms with van der Waals surface area (Å²) in [7, 11) is 0. The minimum absolute atomic E-state index is 0.0718. The third-order valence-corrected chi connectivity index (χ3v) is 4.74. The Morgan fingerprint density at radius 1 is 1.40 bits per heavy atom. The minimum Gasteiger partial charge on any atom is -0.479 e. The van der Waals surface area contributed by atoms with Crippen LogP contribution in [0.2, 0.25) is 0 Å². The van der Waals surface area contributed by atoms with Crippen molar-refractivity contribution < 1.29 is 14.6 Å². The number of hydrogen-bond acceptors (Lipinski definition) is 6. The van der Waals surface area contributed by atoms with Crippen molar-refractivity contribution in [2.24, 2.45) is 0 Å². The Morgan fingerprint density at radius 3 is 2.80 bits per heavy atom. The van der Waals surface area contributed by atoms with Crippen LogP contribution in [0, 0.1) is 0 Å². The van der Waals surface area contributed by atoms with E-state index in [0.29, 0.717) is 6.42 Å². The highest BCUT2D eigenvalue weighted by molar-refractivity contribution is 7.13. The Labute approximate surface area is 122 Å². The second-order valence-electron chi connectivity index (χ2n) is 5.26. The highest BCUT2D eigenvalue weighted by Gasteiger charge is 2.32. The van der Waals surface area contributed by atoms with Gasteiger partial charge in [-0.1, -0.05) is 0 Å². The van der Waals surface area contributed by atoms with E-state index in [1.807, 2.05) is 11.6 Å². The van der Waals surface area contributed by atoms with Crippen LogP contribution in [0.4, 0.5) is 5.13 Å². The first kappa shape index (κ1) is 13.8. The maximum Gasteiger partial charge on any atom is 0.332 e. The lowest BCUT2D eigenvalue weighted by atomic mass is 10.2. The zero-order valence-corrected chi connectivity index (χ0v) is 12.1. The van der Waals surface area contributed by atoms with Crippen LogP contribution in [0.1, 0.15) is 12.8 Å². The van der Waals surface area contributed by atoms with E-state index in [0.717, 1.165) is 44.3 Å². The fourth-order valence-corrected chi connectivity index (χ4v) is 3.50. The number of piperazine rings is 1. The molecule has 3 heterocycles. The Morgan fingerprint density at radius 2 is 2.20 bits per heavy atom. The lowest BCUT2D eigenvalue weighted by Gasteiger charge is -2.35. The molecule has 20 heavy (non-hydrogen) atoms. The third kappa shape index (κ3) is 3.11. The summed E-state index contributed by atoms with van der Waals surface area (Å²) in [5.74, 6) is -0.832. The van der Waals surface area contributed by atoms with E-state index in [-0.39, 0.29) is 6.10 Å². The third-order valence-electron chi connectivity index (χ3n) is 3.91. The van der Waals surface area contributed by atoms with E-state index in [9.17, 15) is 4.79 Å². The van der Waals surface area contributed by atoms with Crippen molar-refractivity contribution >= 4 is 22.4 Å². The zero-order valence-electron chi connectivity index (χ0n) is 11.3. The van der Waals surface area contributed by atoms with Gasteiger partial charge >= 0.3 is 5.97 Å². The molecule has 6 nitrogen and oxygen atoms in total. The van der Waals surface area contributed by atoms with Crippen molar-refractivity contribution in [3.8, 4) is 0 Å². The number of aromatic nitrogens is 1. The van der Waals surface area contributed by atoms with Crippen molar-refractivity contribution in [2.45, 2.75) is 25.0 Å². The summed E-state index contributed by atoms with van der Waals surface area (Å²) < 4.78 is 5.56. The van der Waals surface area contributed by atoms with E-state index in [4.69, 9.17) is 9.84 Å². The molecule has 110 valence electrons. The molecule has 0 saturated carbocycles. The molecule has 0 amide bonds. The van der Waals surface area contributed by atoms with Crippen LogP contribution in [-0.2, 0) is 9.53 Å². The average molecular weight is 297 g/mol. The highest BCUT2D eigenvalue weighted by Crippen LogP contribution is 2.22. The SMILES string of the molecule is O=C(O)C1CCC(CN2CCN(c3nccs3)CC2)O1. The van der Waals surface area contributed by atoms with E-state index in [2.05, 4.69) is 14.8 Å². The molecule has 1 aromatic heterocycles. The van der Waals surface area contributed by atoms with Gasteiger partial charge in [-0.15, -0.1) is 11.3 Å². The van der Waals surface area contributed by atoms with Crippen molar-refractivity contribution in [1.82, 2.24) is 9.88 Å². The summed E-state index contributed by atoms with van der Waals surface area (Å²) in [5.41, 5.74) is 0. The summed E-state index contributed by atoms with van der Waals surface area (Å²) in [6.07, 6.45) is 2.80. The molecule has 0 aromatic carbocycles. The van der Waals surface area contributed by atoms with Gasteiger partial charge in [-0.25, -0.2) is 9.78 Å². The highest BCUT2D eigenvalue weighted by atomic mass is 32.1. The molecule has 2 atom stereocenters. The molecule has 0 radical (unpaired) electrons. The van der Waals surface area contributed by atoms with Gasteiger partial charge in [-0.05, 0) is 12.8 Å². The average Bonchev–Trinajstić information content (AvgIpc) is 3.10. The van der Waals surface area contributed by atoms with Crippen LogP contribution in [0.25, 0.3) is 0 Å². The van der Waals surface area contributed by atoms with Crippen LogP contribution in [0.15, 0.2) is 11.6 Å². The summed E-state index contributed by atoms with van der Waals surface area (Å²) in [4.78, 5) is 19.9. The monoisotopic (exact) mass is 297 g/mol. The molecule has 1 aromatic rings. The summed E-state index contributed by atoms with van der Waals surface area (Å²) in [5, 5.41) is 12.0. The van der Waals surface area contributed by atoms with Gasteiger partial charge in [0.15, 0.2) is 11.2 Å². The maximum atomic E-state index is 10.9. The molecule has 3 rings (SSSR count). The number of rotatable bonds is 4. The van der Waals surface area contributed by atoms with Gasteiger partial charge in [0.2, 0.25) is 0 Å². The maximum absolute atomic E-state index is 10.9. The van der Waals surface area contributed by atoms with E-state index in [1.54, 1.807) is 11.3 Å². The fourth-order valence-electron chi connectivity index (χ4n) is 2.80. The number of nitrogens with zero attached hydrogens (tertiary/aromatic N) is 3. The van der Waals surface area contributed by atoms with Crippen molar-refractivity contribution in [3.63, 3.8) is 0 Å². The van der Waals surface area contributed by atoms with Crippen LogP contribution in [0.3, 0.4) is 0 Å². The lowest BCUT2D eigenvalue weighted by Crippen LogP contribution is -2.48. The minimum atomic E-state index is -0.832. The Hall–Kier alpha value is -1.18. The summed E-state index contributed by atoms with van der Waals surface area (Å²) >= 11 is 1.67. The van der Waals surface area contributed by atoms with Crippen molar-refractivity contribution in [1.29, 1.82) is 0 Å². The number of aliphatic carboxylic acids is 1. The van der Waals surface area contributed by atoms with Gasteiger partial charge < -0.3 is 14.7 Å². The Balaban J connectivity index is 1.44. The number of hydrogen-bond donors (Lipinski definition) is 1. The molecule has 2 unspecified atom stereocenters. The molecule has 0 aliphatic carbocycles. The topological polar surface area (TPSA) is 65.9 Å². The summed E-state index contributed by atoms with van der Waals surface area (Å²) in [6, 6.07) is 0. The van der Waals surface area contributed by atoms with Gasteiger partial charge in [0, 0.05) is 44.3 Å². The summed E-state index contributed by atoms with van der Waals surface area (Å²) in [6.45, 7) is 4.76. The number of thiazole rings is 1. The quantitative estimate of drug-likeness (QED) is 0.890. The van der Waals surface area contributed by atoms with Crippen molar-refractivity contribution in [3.05, 3.63) is 11.6 Å². The molecule has 2 aliphatic heterocycles. The standard InChI is InChI=1S/C13H19N3O3S/c17-12(18)11-2-1-10(19-11)9-15-4-6-16(7-5-15)13-14-3-8-20-13/h3,8,10-11H,1-2,4-7,9H2,(H,17,18). The predicted molar refractivity (Wildman–Crippen MR) is 76.3 cm³/mol. The lowest BCUT2D eigenvalue weighted by molar-refractivity contribution is -0.149. The van der Waals surface area contributed by atoms with Crippen LogP contribution in [-0.4, -0.2) is 65.9 Å². The normalized spacial score (nSPS) is 27.9. The number of anilines is 1. The van der Waals surface area contributed by atoms with Gasteiger partial charge in [0.05, 0.1) is 6.10 Å². The van der Waals surface area contributed by atoms with E-state index < -0.39 is 12.1 Å². The Kier molecular flexibility index (Phi) is 4.18. The number of carboxylic acids is 1. The molecule has 1 N–H and O–H groups in total. The zero-order chi connectivity index (χ0) is 13.9. The second-order valence-corrected chi connectivity index (χ2v) is 6.14. The first-order chi connectivity index (χ1) is 9.72. The molecule has 2 saturated heterocycles. The number of carboxylic acid groups (broad SMARTS) is 1. The smallest absolute Gasteiger partial charge is 0.332 e. The van der Waals surface area contributed by atoms with Gasteiger partial charge in [-0.3, -0.25) is 4.90 Å².